The minimum atomic E-state index is -1.44. The highest BCUT2D eigenvalue weighted by Gasteiger charge is 2.34. The molecule has 1 saturated heterocycles. The van der Waals surface area contributed by atoms with Crippen LogP contribution in [-0.2, 0) is 40.0 Å². The molecule has 1 aromatic rings. The Bertz CT molecular complexity index is 1400. The maximum absolute atomic E-state index is 14.0. The van der Waals surface area contributed by atoms with E-state index in [4.69, 9.17) is 17.2 Å². The van der Waals surface area contributed by atoms with Gasteiger partial charge in [0.25, 0.3) is 0 Å². The first-order valence-electron chi connectivity index (χ1n) is 18.6. The van der Waals surface area contributed by atoms with E-state index in [1.165, 1.54) is 12.1 Å². The largest absolute Gasteiger partial charge is 0.508 e. The Balaban J connectivity index is 2.32. The topological polar surface area (TPSA) is 310 Å². The van der Waals surface area contributed by atoms with Crippen LogP contribution in [0.5, 0.6) is 5.75 Å². The number of aliphatic carboxylic acids is 1. The molecule has 302 valence electrons. The summed E-state index contributed by atoms with van der Waals surface area (Å²) >= 11 is 0. The summed E-state index contributed by atoms with van der Waals surface area (Å²) in [6, 6.07) is -0.490. The summed E-state index contributed by atoms with van der Waals surface area (Å²) in [7, 11) is 0. The number of rotatable bonds is 25. The molecule has 14 N–H and O–H groups in total. The van der Waals surface area contributed by atoms with Gasteiger partial charge >= 0.3 is 5.97 Å². The van der Waals surface area contributed by atoms with Crippen LogP contribution in [0.1, 0.15) is 83.6 Å². The Morgan fingerprint density at radius 1 is 0.741 bits per heavy atom. The highest BCUT2D eigenvalue weighted by Crippen LogP contribution is 2.14. The van der Waals surface area contributed by atoms with Crippen LogP contribution in [-0.4, -0.2) is 108 Å². The van der Waals surface area contributed by atoms with E-state index in [-0.39, 0.29) is 43.8 Å². The lowest BCUT2D eigenvalue weighted by atomic mass is 9.99. The summed E-state index contributed by atoms with van der Waals surface area (Å²) in [6.07, 6.45) is 3.30. The smallest absolute Gasteiger partial charge is 0.326 e. The number of unbranched alkanes of at least 4 members (excludes halogenated alkanes) is 2. The summed E-state index contributed by atoms with van der Waals surface area (Å²) in [4.78, 5) is 90.9. The maximum atomic E-state index is 14.0. The van der Waals surface area contributed by atoms with Crippen molar-refractivity contribution in [1.82, 2.24) is 31.9 Å². The summed E-state index contributed by atoms with van der Waals surface area (Å²) in [5.41, 5.74) is 17.0. The van der Waals surface area contributed by atoms with Crippen molar-refractivity contribution in [3.05, 3.63) is 29.8 Å². The van der Waals surface area contributed by atoms with Gasteiger partial charge in [0, 0.05) is 12.8 Å². The van der Waals surface area contributed by atoms with Crippen molar-refractivity contribution in [1.29, 1.82) is 0 Å². The Morgan fingerprint density at radius 3 is 1.78 bits per heavy atom. The van der Waals surface area contributed by atoms with Crippen molar-refractivity contribution in [3.63, 3.8) is 0 Å². The number of carboxylic acid groups (broad SMARTS) is 1. The van der Waals surface area contributed by atoms with E-state index in [1.54, 1.807) is 26.0 Å². The second-order valence-electron chi connectivity index (χ2n) is 13.9. The second kappa shape index (κ2) is 23.8. The lowest BCUT2D eigenvalue weighted by molar-refractivity contribution is -0.142. The molecule has 18 nitrogen and oxygen atoms in total. The number of hydrogen-bond acceptors (Lipinski definition) is 11. The summed E-state index contributed by atoms with van der Waals surface area (Å²) in [5.74, 6) is -5.86. The van der Waals surface area contributed by atoms with Crippen LogP contribution in [0, 0.1) is 5.92 Å². The van der Waals surface area contributed by atoms with E-state index in [0.29, 0.717) is 57.3 Å². The number of phenols is 1. The molecule has 18 heteroatoms. The third-order valence-corrected chi connectivity index (χ3v) is 9.09. The molecule has 2 rings (SSSR count). The van der Waals surface area contributed by atoms with Gasteiger partial charge in [-0.1, -0.05) is 26.0 Å². The van der Waals surface area contributed by atoms with Crippen LogP contribution in [0.3, 0.4) is 0 Å². The van der Waals surface area contributed by atoms with E-state index >= 15 is 0 Å². The molecule has 0 aliphatic carbocycles. The van der Waals surface area contributed by atoms with Crippen molar-refractivity contribution in [3.8, 4) is 5.75 Å². The molecule has 0 unspecified atom stereocenters. The molecule has 1 aliphatic heterocycles. The van der Waals surface area contributed by atoms with E-state index in [0.717, 1.165) is 6.42 Å². The third-order valence-electron chi connectivity index (χ3n) is 9.09. The summed E-state index contributed by atoms with van der Waals surface area (Å²) in [6.45, 7) is 4.73. The number of carboxylic acids is 1. The number of phenolic OH excluding ortho intramolecular Hbond substituents is 1. The minimum Gasteiger partial charge on any atom is -0.508 e. The SMILES string of the molecule is CC(C)[C@H](NC(=O)[C@H](Cc1ccc(O)cc1)NC(=O)[C@H](CCCCN)NC(=O)[C@@H]1CCCN1)C(=O)N[C@@H](CCCCN)C(=O)N[C@@H](CCC(N)=O)C(=O)O. The third kappa shape index (κ3) is 16.1. The highest BCUT2D eigenvalue weighted by atomic mass is 16.4. The Hall–Kier alpha value is -4.81. The van der Waals surface area contributed by atoms with Gasteiger partial charge in [-0.15, -0.1) is 0 Å². The first-order chi connectivity index (χ1) is 25.7. The van der Waals surface area contributed by atoms with Crippen LogP contribution in [0.15, 0.2) is 24.3 Å². The van der Waals surface area contributed by atoms with Crippen molar-refractivity contribution in [2.24, 2.45) is 23.1 Å². The molecule has 1 aliphatic rings. The highest BCUT2D eigenvalue weighted by molar-refractivity contribution is 5.96. The van der Waals surface area contributed by atoms with Gasteiger partial charge in [0.05, 0.1) is 6.04 Å². The van der Waals surface area contributed by atoms with Gasteiger partial charge in [-0.25, -0.2) is 4.79 Å². The molecule has 0 radical (unpaired) electrons. The first kappa shape index (κ1) is 45.3. The molecule has 1 fully saturated rings. The number of carbonyl (C=O) groups excluding carboxylic acids is 6. The molecule has 1 aromatic carbocycles. The van der Waals surface area contributed by atoms with Gasteiger partial charge in [0.2, 0.25) is 35.4 Å². The monoisotopic (exact) mass is 761 g/mol. The van der Waals surface area contributed by atoms with E-state index in [2.05, 4.69) is 31.9 Å². The fraction of sp³-hybridized carbons (Fsp3) is 0.639. The minimum absolute atomic E-state index is 0.00358. The Morgan fingerprint density at radius 2 is 1.28 bits per heavy atom. The van der Waals surface area contributed by atoms with Crippen LogP contribution < -0.4 is 49.1 Å². The van der Waals surface area contributed by atoms with Gasteiger partial charge in [-0.2, -0.15) is 0 Å². The molecule has 6 amide bonds. The average molecular weight is 762 g/mol. The molecule has 6 atom stereocenters. The molecule has 0 bridgehead atoms. The number of hydrogen-bond donors (Lipinski definition) is 11. The van der Waals surface area contributed by atoms with Gasteiger partial charge in [-0.3, -0.25) is 28.8 Å². The number of carbonyl (C=O) groups is 7. The van der Waals surface area contributed by atoms with E-state index in [9.17, 15) is 43.8 Å². The number of primary amides is 1. The van der Waals surface area contributed by atoms with Crippen molar-refractivity contribution in [2.75, 3.05) is 19.6 Å². The van der Waals surface area contributed by atoms with E-state index < -0.39 is 77.7 Å². The van der Waals surface area contributed by atoms with Crippen molar-refractivity contribution in [2.45, 2.75) is 121 Å². The van der Waals surface area contributed by atoms with Crippen molar-refractivity contribution < 1.29 is 43.8 Å². The summed E-state index contributed by atoms with van der Waals surface area (Å²) in [5, 5.41) is 35.8. The predicted molar refractivity (Wildman–Crippen MR) is 199 cm³/mol. The molecule has 0 saturated carbocycles. The van der Waals surface area contributed by atoms with Gasteiger partial charge in [0.15, 0.2) is 0 Å². The fourth-order valence-electron chi connectivity index (χ4n) is 5.92. The average Bonchev–Trinajstić information content (AvgIpc) is 3.67. The Labute approximate surface area is 315 Å². The second-order valence-corrected chi connectivity index (χ2v) is 13.9. The lowest BCUT2D eigenvalue weighted by Crippen LogP contribution is -2.60. The van der Waals surface area contributed by atoms with Gasteiger partial charge in [-0.05, 0) is 101 Å². The van der Waals surface area contributed by atoms with E-state index in [1.807, 2.05) is 0 Å². The maximum Gasteiger partial charge on any atom is 0.326 e. The van der Waals surface area contributed by atoms with Gasteiger partial charge < -0.3 is 59.3 Å². The van der Waals surface area contributed by atoms with Crippen LogP contribution >= 0.6 is 0 Å². The first-order valence-corrected chi connectivity index (χ1v) is 18.6. The summed E-state index contributed by atoms with van der Waals surface area (Å²) < 4.78 is 0. The number of nitrogens with two attached hydrogens (primary N) is 3. The molecule has 54 heavy (non-hydrogen) atoms. The van der Waals surface area contributed by atoms with Crippen molar-refractivity contribution >= 4 is 41.4 Å². The quantitative estimate of drug-likeness (QED) is 0.0501. The molecule has 1 heterocycles. The predicted octanol–water partition coefficient (Wildman–Crippen LogP) is -1.63. The normalized spacial score (nSPS) is 16.6. The number of amides is 6. The molecular formula is C36H59N9O9. The number of nitrogens with one attached hydrogen (secondary N) is 6. The number of aromatic hydroxyl groups is 1. The standard InChI is InChI=1S/C36H59N9O9/c1-21(2)30(35(52)42-26(9-4-6-18-38)32(49)43-27(36(53)54)15-16-29(39)47)45-34(51)28(20-22-11-13-23(46)14-12-22)44-33(50)25(8-3-5-17-37)41-31(48)24-10-7-19-40-24/h11-14,21,24-28,30,40,46H,3-10,15-20,37-38H2,1-2H3,(H2,39,47)(H,41,48)(H,42,52)(H,43,49)(H,44,50)(H,45,51)(H,53,54)/t24-,25-,26-,27-,28-,30-/m0/s1. The lowest BCUT2D eigenvalue weighted by Gasteiger charge is -2.29. The van der Waals surface area contributed by atoms with Crippen LogP contribution in [0.4, 0.5) is 0 Å². The molecular weight excluding hydrogens is 702 g/mol. The van der Waals surface area contributed by atoms with Crippen LogP contribution in [0.2, 0.25) is 0 Å². The fourth-order valence-corrected chi connectivity index (χ4v) is 5.92. The zero-order chi connectivity index (χ0) is 40.2. The van der Waals surface area contributed by atoms with Gasteiger partial charge in [0.1, 0.15) is 36.0 Å². The molecule has 0 aromatic heterocycles. The zero-order valence-electron chi connectivity index (χ0n) is 31.2. The zero-order valence-corrected chi connectivity index (χ0v) is 31.2. The molecule has 0 spiro atoms. The Kier molecular flexibility index (Phi) is 20.0. The number of benzene rings is 1. The van der Waals surface area contributed by atoms with Crippen LogP contribution in [0.25, 0.3) is 0 Å².